The Morgan fingerprint density at radius 3 is 2.61 bits per heavy atom. The Morgan fingerprint density at radius 2 is 1.94 bits per heavy atom. The summed E-state index contributed by atoms with van der Waals surface area (Å²) in [5, 5.41) is 2.80. The van der Waals surface area contributed by atoms with Gasteiger partial charge in [0.15, 0.2) is 9.84 Å². The number of nitrogens with one attached hydrogen (secondary N) is 2. The van der Waals surface area contributed by atoms with E-state index in [1.165, 1.54) is 36.5 Å². The van der Waals surface area contributed by atoms with Crippen LogP contribution in [0.4, 0.5) is 10.2 Å². The first-order chi connectivity index (χ1) is 17.1. The third-order valence-electron chi connectivity index (χ3n) is 6.18. The number of piperidine rings is 1. The second-order valence-electron chi connectivity index (χ2n) is 8.83. The fourth-order valence-corrected chi connectivity index (χ4v) is 4.92. The molecule has 11 heteroatoms. The average Bonchev–Trinajstić information content (AvgIpc) is 2.86. The highest BCUT2D eigenvalue weighted by atomic mass is 32.2. The summed E-state index contributed by atoms with van der Waals surface area (Å²) in [4.78, 5) is 33.4. The van der Waals surface area contributed by atoms with E-state index in [-0.39, 0.29) is 22.5 Å². The van der Waals surface area contributed by atoms with Crippen LogP contribution in [0.5, 0.6) is 11.5 Å². The maximum Gasteiger partial charge on any atom is 0.266 e. The molecule has 2 aromatic heterocycles. The lowest BCUT2D eigenvalue weighted by Gasteiger charge is -2.36. The summed E-state index contributed by atoms with van der Waals surface area (Å²) in [6, 6.07) is 9.87. The van der Waals surface area contributed by atoms with Gasteiger partial charge in [-0.15, -0.1) is 0 Å². The summed E-state index contributed by atoms with van der Waals surface area (Å²) in [7, 11) is -3.65. The maximum atomic E-state index is 13.0. The Morgan fingerprint density at radius 1 is 1.22 bits per heavy atom. The van der Waals surface area contributed by atoms with Crippen molar-refractivity contribution in [2.45, 2.75) is 36.6 Å². The zero-order valence-electron chi connectivity index (χ0n) is 19.9. The largest absolute Gasteiger partial charge is 0.456 e. The van der Waals surface area contributed by atoms with Gasteiger partial charge in [-0.05, 0) is 80.3 Å². The number of rotatable bonds is 7. The summed E-state index contributed by atoms with van der Waals surface area (Å²) in [6.45, 7) is 3.06. The molecule has 1 aromatic carbocycles. The van der Waals surface area contributed by atoms with Gasteiger partial charge in [0.1, 0.15) is 28.0 Å². The molecule has 1 fully saturated rings. The van der Waals surface area contributed by atoms with Crippen molar-refractivity contribution in [2.24, 2.45) is 0 Å². The Labute approximate surface area is 208 Å². The number of benzene rings is 1. The van der Waals surface area contributed by atoms with Crippen molar-refractivity contribution < 1.29 is 22.3 Å². The van der Waals surface area contributed by atoms with Crippen LogP contribution in [0.1, 0.15) is 31.2 Å². The Balaban J connectivity index is 1.38. The zero-order chi connectivity index (χ0) is 25.9. The molecule has 36 heavy (non-hydrogen) atoms. The normalized spacial score (nSPS) is 17.4. The first kappa shape index (κ1) is 25.5. The average molecular weight is 515 g/mol. The van der Waals surface area contributed by atoms with Gasteiger partial charge in [0.25, 0.3) is 5.56 Å². The van der Waals surface area contributed by atoms with E-state index in [2.05, 4.69) is 15.3 Å². The SMILES string of the molecule is CC(C(=O)Nc1ccc(Oc2ccc(F)cc2)cn1)N1CCC[C@H](c2c[nH]c(=O)c(S(C)(=O)=O)c2)C1. The van der Waals surface area contributed by atoms with Gasteiger partial charge in [0.05, 0.1) is 12.2 Å². The number of aromatic amines is 1. The van der Waals surface area contributed by atoms with E-state index in [1.54, 1.807) is 25.3 Å². The number of anilines is 1. The van der Waals surface area contributed by atoms with E-state index in [9.17, 15) is 22.4 Å². The molecule has 1 saturated heterocycles. The lowest BCUT2D eigenvalue weighted by Crippen LogP contribution is -2.46. The highest BCUT2D eigenvalue weighted by Crippen LogP contribution is 2.28. The van der Waals surface area contributed by atoms with Gasteiger partial charge < -0.3 is 15.0 Å². The van der Waals surface area contributed by atoms with E-state index in [1.807, 2.05) is 4.90 Å². The molecule has 9 nitrogen and oxygen atoms in total. The minimum Gasteiger partial charge on any atom is -0.456 e. The number of sulfone groups is 1. The first-order valence-electron chi connectivity index (χ1n) is 11.5. The highest BCUT2D eigenvalue weighted by Gasteiger charge is 2.29. The summed E-state index contributed by atoms with van der Waals surface area (Å²) in [5.41, 5.74) is 0.0917. The van der Waals surface area contributed by atoms with Gasteiger partial charge in [-0.2, -0.15) is 0 Å². The molecule has 3 aromatic rings. The third-order valence-corrected chi connectivity index (χ3v) is 7.28. The van der Waals surface area contributed by atoms with Crippen LogP contribution in [0.25, 0.3) is 0 Å². The van der Waals surface area contributed by atoms with Crippen molar-refractivity contribution in [3.8, 4) is 11.5 Å². The molecule has 2 atom stereocenters. The van der Waals surface area contributed by atoms with Gasteiger partial charge in [-0.3, -0.25) is 14.5 Å². The molecule has 0 spiro atoms. The van der Waals surface area contributed by atoms with Crippen LogP contribution in [0.3, 0.4) is 0 Å². The number of H-pyrrole nitrogens is 1. The molecule has 0 saturated carbocycles. The van der Waals surface area contributed by atoms with Gasteiger partial charge >= 0.3 is 0 Å². The van der Waals surface area contributed by atoms with Crippen molar-refractivity contribution in [3.63, 3.8) is 0 Å². The lowest BCUT2D eigenvalue weighted by molar-refractivity contribution is -0.121. The summed E-state index contributed by atoms with van der Waals surface area (Å²) >= 11 is 0. The molecule has 1 amide bonds. The molecule has 3 heterocycles. The van der Waals surface area contributed by atoms with Crippen molar-refractivity contribution in [1.82, 2.24) is 14.9 Å². The van der Waals surface area contributed by atoms with Crippen molar-refractivity contribution in [3.05, 3.63) is 76.6 Å². The number of carbonyl (C=O) groups excluding carboxylic acids is 1. The number of pyridine rings is 2. The number of aromatic nitrogens is 2. The number of hydrogen-bond acceptors (Lipinski definition) is 7. The molecule has 1 aliphatic heterocycles. The Hall–Kier alpha value is -3.57. The molecule has 0 radical (unpaired) electrons. The van der Waals surface area contributed by atoms with Crippen molar-refractivity contribution >= 4 is 21.6 Å². The molecule has 0 bridgehead atoms. The second kappa shape index (κ2) is 10.6. The minimum absolute atomic E-state index is 0.0210. The highest BCUT2D eigenvalue weighted by molar-refractivity contribution is 7.90. The van der Waals surface area contributed by atoms with E-state index in [4.69, 9.17) is 4.74 Å². The van der Waals surface area contributed by atoms with Gasteiger partial charge in [-0.25, -0.2) is 17.8 Å². The molecule has 1 unspecified atom stereocenters. The Bertz CT molecular complexity index is 1390. The summed E-state index contributed by atoms with van der Waals surface area (Å²) < 4.78 is 42.5. The van der Waals surface area contributed by atoms with Crippen LogP contribution < -0.4 is 15.6 Å². The summed E-state index contributed by atoms with van der Waals surface area (Å²) in [6.07, 6.45) is 5.67. The molecular formula is C25H27FN4O5S. The number of likely N-dealkylation sites (tertiary alicyclic amines) is 1. The zero-order valence-corrected chi connectivity index (χ0v) is 20.7. The standard InChI is InChI=1S/C25H27FN4O5S/c1-16(24(31)29-23-10-9-21(14-27-23)35-20-7-5-19(26)6-8-20)30-11-3-4-17(15-30)18-12-22(36(2,33)34)25(32)28-13-18/h5-10,12-14,16-17H,3-4,11,15H2,1-2H3,(H,28,32)(H,27,29,31)/t16?,17-/m0/s1. The van der Waals surface area contributed by atoms with Crippen LogP contribution in [-0.4, -0.2) is 54.6 Å². The topological polar surface area (TPSA) is 121 Å². The number of nitrogens with zero attached hydrogens (tertiary/aromatic N) is 2. The minimum atomic E-state index is -3.65. The number of halogens is 1. The quantitative estimate of drug-likeness (QED) is 0.496. The molecule has 2 N–H and O–H groups in total. The van der Waals surface area contributed by atoms with Crippen molar-refractivity contribution in [2.75, 3.05) is 24.7 Å². The smallest absolute Gasteiger partial charge is 0.266 e. The fraction of sp³-hybridized carbons (Fsp3) is 0.320. The fourth-order valence-electron chi connectivity index (χ4n) is 4.17. The van der Waals surface area contributed by atoms with E-state index >= 15 is 0 Å². The summed E-state index contributed by atoms with van der Waals surface area (Å²) in [5.74, 6) is 0.673. The predicted molar refractivity (Wildman–Crippen MR) is 133 cm³/mol. The molecule has 4 rings (SSSR count). The van der Waals surface area contributed by atoms with Crippen LogP contribution >= 0.6 is 0 Å². The van der Waals surface area contributed by atoms with E-state index < -0.39 is 21.4 Å². The maximum absolute atomic E-state index is 13.0. The molecule has 0 aliphatic carbocycles. The van der Waals surface area contributed by atoms with Gasteiger partial charge in [0.2, 0.25) is 5.91 Å². The second-order valence-corrected chi connectivity index (χ2v) is 10.8. The molecule has 1 aliphatic rings. The number of hydrogen-bond donors (Lipinski definition) is 2. The monoisotopic (exact) mass is 514 g/mol. The van der Waals surface area contributed by atoms with Crippen LogP contribution in [0.2, 0.25) is 0 Å². The van der Waals surface area contributed by atoms with Crippen LogP contribution in [0.15, 0.2) is 64.5 Å². The first-order valence-corrected chi connectivity index (χ1v) is 13.4. The lowest BCUT2D eigenvalue weighted by atomic mass is 9.91. The number of ether oxygens (including phenoxy) is 1. The molecule has 190 valence electrons. The Kier molecular flexibility index (Phi) is 7.51. The van der Waals surface area contributed by atoms with Crippen LogP contribution in [-0.2, 0) is 14.6 Å². The van der Waals surface area contributed by atoms with E-state index in [0.717, 1.165) is 24.7 Å². The van der Waals surface area contributed by atoms with Crippen LogP contribution in [0, 0.1) is 5.82 Å². The molecular weight excluding hydrogens is 487 g/mol. The number of amides is 1. The van der Waals surface area contributed by atoms with Gasteiger partial charge in [-0.1, -0.05) is 0 Å². The third kappa shape index (κ3) is 6.16. The predicted octanol–water partition coefficient (Wildman–Crippen LogP) is 3.31. The van der Waals surface area contributed by atoms with Crippen molar-refractivity contribution in [1.29, 1.82) is 0 Å². The van der Waals surface area contributed by atoms with E-state index in [0.29, 0.717) is 30.4 Å². The number of carbonyl (C=O) groups is 1. The van der Waals surface area contributed by atoms with Gasteiger partial charge in [0, 0.05) is 19.0 Å².